The summed E-state index contributed by atoms with van der Waals surface area (Å²) in [5.41, 5.74) is 2.36. The number of aliphatic hydroxyl groups is 1. The van der Waals surface area contributed by atoms with E-state index in [0.717, 1.165) is 5.56 Å². The molecule has 1 N–H and O–H groups in total. The van der Waals surface area contributed by atoms with Gasteiger partial charge in [-0.2, -0.15) is 0 Å². The lowest BCUT2D eigenvalue weighted by Gasteiger charge is -2.20. The molecule has 4 rings (SSSR count). The minimum atomic E-state index is -0.0211. The van der Waals surface area contributed by atoms with Gasteiger partial charge in [0.05, 0.1) is 6.61 Å². The van der Waals surface area contributed by atoms with Crippen molar-refractivity contribution in [3.8, 4) is 0 Å². The third-order valence-electron chi connectivity index (χ3n) is 4.55. The van der Waals surface area contributed by atoms with Crippen LogP contribution in [-0.2, 0) is 0 Å². The molecule has 0 saturated carbocycles. The molecule has 0 aromatic heterocycles. The van der Waals surface area contributed by atoms with Crippen LogP contribution in [0.5, 0.6) is 0 Å². The fourth-order valence-corrected chi connectivity index (χ4v) is 3.47. The molecule has 1 heteroatoms. The quantitative estimate of drug-likeness (QED) is 0.521. The van der Waals surface area contributed by atoms with Crippen LogP contribution < -0.4 is 0 Å². The number of fused-ring (bicyclic) bond motifs is 2. The molecule has 1 nitrogen and oxygen atoms in total. The van der Waals surface area contributed by atoms with Crippen molar-refractivity contribution < 1.29 is 5.11 Å². The van der Waals surface area contributed by atoms with E-state index in [9.17, 15) is 5.11 Å². The van der Waals surface area contributed by atoms with Gasteiger partial charge in [0.15, 0.2) is 0 Å². The van der Waals surface area contributed by atoms with Crippen LogP contribution in [0.1, 0.15) is 17.0 Å². The monoisotopic (exact) mass is 298 g/mol. The van der Waals surface area contributed by atoms with Crippen molar-refractivity contribution in [2.45, 2.75) is 5.92 Å². The maximum Gasteiger partial charge on any atom is 0.0540 e. The molecule has 0 aliphatic heterocycles. The Kier molecular flexibility index (Phi) is 3.57. The molecule has 23 heavy (non-hydrogen) atoms. The predicted molar refractivity (Wildman–Crippen MR) is 96.8 cm³/mol. The average Bonchev–Trinajstić information content (AvgIpc) is 2.62. The van der Waals surface area contributed by atoms with Gasteiger partial charge in [-0.25, -0.2) is 0 Å². The molecule has 4 aromatic rings. The zero-order chi connectivity index (χ0) is 15.6. The van der Waals surface area contributed by atoms with Crippen molar-refractivity contribution in [3.05, 3.63) is 96.1 Å². The van der Waals surface area contributed by atoms with Gasteiger partial charge >= 0.3 is 0 Å². The van der Waals surface area contributed by atoms with Gasteiger partial charge in [0.2, 0.25) is 0 Å². The summed E-state index contributed by atoms with van der Waals surface area (Å²) >= 11 is 0. The van der Waals surface area contributed by atoms with Gasteiger partial charge in [-0.05, 0) is 38.7 Å². The van der Waals surface area contributed by atoms with Crippen molar-refractivity contribution in [2.24, 2.45) is 0 Å². The average molecular weight is 298 g/mol. The van der Waals surface area contributed by atoms with Gasteiger partial charge in [0, 0.05) is 5.92 Å². The molecule has 112 valence electrons. The van der Waals surface area contributed by atoms with Gasteiger partial charge in [-0.15, -0.1) is 0 Å². The summed E-state index contributed by atoms with van der Waals surface area (Å²) in [6.07, 6.45) is 0. The van der Waals surface area contributed by atoms with E-state index >= 15 is 0 Å². The first-order valence-corrected chi connectivity index (χ1v) is 7.94. The lowest BCUT2D eigenvalue weighted by Crippen LogP contribution is -2.07. The normalized spacial score (nSPS) is 12.6. The molecule has 0 bridgehead atoms. The first kappa shape index (κ1) is 14.0. The van der Waals surface area contributed by atoms with Gasteiger partial charge in [0.1, 0.15) is 0 Å². The summed E-state index contributed by atoms with van der Waals surface area (Å²) in [5.74, 6) is -0.0211. The van der Waals surface area contributed by atoms with Gasteiger partial charge in [-0.3, -0.25) is 0 Å². The third-order valence-corrected chi connectivity index (χ3v) is 4.55. The molecule has 0 aliphatic carbocycles. The molecule has 4 aromatic carbocycles. The number of hydrogen-bond donors (Lipinski definition) is 1. The second kappa shape index (κ2) is 5.86. The summed E-state index contributed by atoms with van der Waals surface area (Å²) in [5, 5.41) is 15.0. The van der Waals surface area contributed by atoms with Crippen LogP contribution in [0.4, 0.5) is 0 Å². The van der Waals surface area contributed by atoms with E-state index < -0.39 is 0 Å². The minimum Gasteiger partial charge on any atom is -0.395 e. The first-order chi connectivity index (χ1) is 11.4. The van der Waals surface area contributed by atoms with E-state index in [1.54, 1.807) is 0 Å². The Morgan fingerprint density at radius 2 is 1.17 bits per heavy atom. The van der Waals surface area contributed by atoms with Gasteiger partial charge in [-0.1, -0.05) is 78.9 Å². The van der Waals surface area contributed by atoms with Gasteiger partial charge < -0.3 is 5.11 Å². The summed E-state index contributed by atoms with van der Waals surface area (Å²) in [4.78, 5) is 0. The standard InChI is InChI=1S/C22H18O/c23-15-21(16-8-2-1-3-9-16)22-19-12-6-4-10-17(19)14-18-11-5-7-13-20(18)22/h1-14,21,23H,15H2. The Hall–Kier alpha value is -2.64. The van der Waals surface area contributed by atoms with Crippen molar-refractivity contribution in [1.82, 2.24) is 0 Å². The van der Waals surface area contributed by atoms with E-state index in [2.05, 4.69) is 66.7 Å². The highest BCUT2D eigenvalue weighted by molar-refractivity contribution is 6.03. The van der Waals surface area contributed by atoms with Gasteiger partial charge in [0.25, 0.3) is 0 Å². The lowest BCUT2D eigenvalue weighted by molar-refractivity contribution is 0.281. The number of benzene rings is 4. The molecule has 1 unspecified atom stereocenters. The Bertz CT molecular complexity index is 903. The van der Waals surface area contributed by atoms with Crippen LogP contribution in [0.3, 0.4) is 0 Å². The van der Waals surface area contributed by atoms with Crippen molar-refractivity contribution in [1.29, 1.82) is 0 Å². The zero-order valence-electron chi connectivity index (χ0n) is 12.8. The fourth-order valence-electron chi connectivity index (χ4n) is 3.47. The minimum absolute atomic E-state index is 0.0211. The zero-order valence-corrected chi connectivity index (χ0v) is 12.8. The SMILES string of the molecule is OCC(c1ccccc1)c1c2ccccc2cc2ccccc12. The van der Waals surface area contributed by atoms with E-state index in [-0.39, 0.29) is 12.5 Å². The second-order valence-corrected chi connectivity index (χ2v) is 5.88. The highest BCUT2D eigenvalue weighted by Gasteiger charge is 2.18. The molecule has 0 saturated heterocycles. The molecule has 0 heterocycles. The Labute approximate surface area is 135 Å². The molecule has 0 radical (unpaired) electrons. The highest BCUT2D eigenvalue weighted by Crippen LogP contribution is 2.36. The maximum atomic E-state index is 10.2. The van der Waals surface area contributed by atoms with Crippen LogP contribution in [-0.4, -0.2) is 11.7 Å². The number of aliphatic hydroxyl groups excluding tert-OH is 1. The number of hydrogen-bond acceptors (Lipinski definition) is 1. The van der Waals surface area contributed by atoms with E-state index in [0.29, 0.717) is 0 Å². The molecule has 0 spiro atoms. The maximum absolute atomic E-state index is 10.2. The molecule has 0 amide bonds. The second-order valence-electron chi connectivity index (χ2n) is 5.88. The topological polar surface area (TPSA) is 20.2 Å². The molecular formula is C22H18O. The summed E-state index contributed by atoms with van der Waals surface area (Å²) in [6.45, 7) is 0.0992. The van der Waals surface area contributed by atoms with Crippen molar-refractivity contribution in [3.63, 3.8) is 0 Å². The van der Waals surface area contributed by atoms with Crippen LogP contribution >= 0.6 is 0 Å². The summed E-state index contributed by atoms with van der Waals surface area (Å²) in [6, 6.07) is 29.4. The number of rotatable bonds is 3. The fraction of sp³-hybridized carbons (Fsp3) is 0.0909. The predicted octanol–water partition coefficient (Wildman–Crippen LogP) is 5.12. The van der Waals surface area contributed by atoms with E-state index in [1.165, 1.54) is 27.1 Å². The highest BCUT2D eigenvalue weighted by atomic mass is 16.3. The lowest BCUT2D eigenvalue weighted by atomic mass is 9.85. The Balaban J connectivity index is 2.10. The van der Waals surface area contributed by atoms with Crippen LogP contribution in [0.2, 0.25) is 0 Å². The van der Waals surface area contributed by atoms with Crippen LogP contribution in [0.25, 0.3) is 21.5 Å². The van der Waals surface area contributed by atoms with Crippen LogP contribution in [0, 0.1) is 0 Å². The third kappa shape index (κ3) is 2.39. The smallest absolute Gasteiger partial charge is 0.0540 e. The van der Waals surface area contributed by atoms with Crippen molar-refractivity contribution in [2.75, 3.05) is 6.61 Å². The largest absolute Gasteiger partial charge is 0.395 e. The van der Waals surface area contributed by atoms with E-state index in [4.69, 9.17) is 0 Å². The van der Waals surface area contributed by atoms with Crippen LogP contribution in [0.15, 0.2) is 84.9 Å². The summed E-state index contributed by atoms with van der Waals surface area (Å²) in [7, 11) is 0. The Morgan fingerprint density at radius 3 is 1.74 bits per heavy atom. The molecule has 0 fully saturated rings. The Morgan fingerprint density at radius 1 is 0.652 bits per heavy atom. The molecule has 1 atom stereocenters. The summed E-state index contributed by atoms with van der Waals surface area (Å²) < 4.78 is 0. The van der Waals surface area contributed by atoms with Crippen molar-refractivity contribution >= 4 is 21.5 Å². The molecule has 0 aliphatic rings. The molecular weight excluding hydrogens is 280 g/mol. The first-order valence-electron chi connectivity index (χ1n) is 7.94. The van der Waals surface area contributed by atoms with E-state index in [1.807, 2.05) is 18.2 Å².